The number of H-pyrrole nitrogens is 1. The number of aromatic amines is 1. The molecule has 0 radical (unpaired) electrons. The van der Waals surface area contributed by atoms with E-state index in [9.17, 15) is 49.2 Å². The van der Waals surface area contributed by atoms with E-state index in [-0.39, 0.29) is 118 Å². The van der Waals surface area contributed by atoms with Crippen LogP contribution in [0.3, 0.4) is 0 Å². The minimum absolute atomic E-state index is 0. The Hall–Kier alpha value is -2.75. The molecule has 246 valence electrons. The van der Waals surface area contributed by atoms with E-state index in [0.717, 1.165) is 11.1 Å². The molecular formula is C32H30N5Na3O10. The van der Waals surface area contributed by atoms with Crippen molar-refractivity contribution in [3.05, 3.63) is 69.3 Å². The fraction of sp³-hybridized carbons (Fsp3) is 0.344. The molecule has 0 fully saturated rings. The van der Waals surface area contributed by atoms with E-state index in [1.54, 1.807) is 18.2 Å². The number of rotatable bonds is 15. The summed E-state index contributed by atoms with van der Waals surface area (Å²) in [7, 11) is 0. The maximum absolute atomic E-state index is 12.9. The predicted molar refractivity (Wildman–Crippen MR) is 159 cm³/mol. The predicted octanol–water partition coefficient (Wildman–Crippen LogP) is -12.1. The molecule has 3 atom stereocenters. The van der Waals surface area contributed by atoms with Gasteiger partial charge in [-0.05, 0) is 79.6 Å². The van der Waals surface area contributed by atoms with E-state index in [1.165, 1.54) is 12.1 Å². The van der Waals surface area contributed by atoms with Gasteiger partial charge in [0.1, 0.15) is 12.4 Å². The zero-order valence-corrected chi connectivity index (χ0v) is 33.9. The Morgan fingerprint density at radius 2 is 1.60 bits per heavy atom. The fourth-order valence-electron chi connectivity index (χ4n) is 5.50. The van der Waals surface area contributed by atoms with Crippen molar-refractivity contribution in [3.8, 4) is 12.3 Å². The zero-order chi connectivity index (χ0) is 34.2. The van der Waals surface area contributed by atoms with Crippen LogP contribution < -0.4 is 125 Å². The van der Waals surface area contributed by atoms with Gasteiger partial charge in [0, 0.05) is 23.6 Å². The maximum atomic E-state index is 12.9. The van der Waals surface area contributed by atoms with E-state index < -0.39 is 74.1 Å². The number of hydrogen-bond acceptors (Lipinski definition) is 12. The van der Waals surface area contributed by atoms with E-state index in [4.69, 9.17) is 6.42 Å². The van der Waals surface area contributed by atoms with Crippen molar-refractivity contribution >= 4 is 46.3 Å². The van der Waals surface area contributed by atoms with Gasteiger partial charge in [-0.15, -0.1) is 6.42 Å². The summed E-state index contributed by atoms with van der Waals surface area (Å²) in [5.41, 5.74) is 2.73. The minimum Gasteiger partial charge on any atom is -0.550 e. The number of carboxylic acids is 3. The Labute approximate surface area is 352 Å². The van der Waals surface area contributed by atoms with Gasteiger partial charge in [0.15, 0.2) is 0 Å². The number of anilines is 1. The van der Waals surface area contributed by atoms with Gasteiger partial charge in [0.2, 0.25) is 5.91 Å². The minimum atomic E-state index is -1.72. The Bertz CT molecular complexity index is 1810. The fourth-order valence-corrected chi connectivity index (χ4v) is 5.50. The molecule has 0 saturated carbocycles. The summed E-state index contributed by atoms with van der Waals surface area (Å²) in [5, 5.41) is 47.6. The second-order valence-corrected chi connectivity index (χ2v) is 10.9. The number of aryl methyl sites for hydroxylation is 1. The molecule has 3 aromatic rings. The summed E-state index contributed by atoms with van der Waals surface area (Å²) >= 11 is 0. The van der Waals surface area contributed by atoms with Gasteiger partial charge in [0.25, 0.3) is 11.5 Å². The topological polar surface area (TPSA) is 248 Å². The summed E-state index contributed by atoms with van der Waals surface area (Å²) in [5.74, 6) is -3.78. The van der Waals surface area contributed by atoms with Crippen molar-refractivity contribution in [3.63, 3.8) is 0 Å². The molecule has 0 spiro atoms. The SMILES string of the molecule is C#CCN(c1ccc(C(=O)N[C@@H](CCC(=O)N[C@H](CCC(=O)[O-])C(=O)[O-])C(=O)[O-])cc1)[C@H]1CCc2cc3nc(CO)[nH]c(=O)c3cc21.[Na+].[Na+].[Na+]. The van der Waals surface area contributed by atoms with Crippen LogP contribution in [-0.4, -0.2) is 63.4 Å². The van der Waals surface area contributed by atoms with Crippen molar-refractivity contribution in [2.75, 3.05) is 11.4 Å². The summed E-state index contributed by atoms with van der Waals surface area (Å²) in [6.07, 6.45) is 4.97. The first-order chi connectivity index (χ1) is 22.4. The number of nitrogens with one attached hydrogen (secondary N) is 3. The molecule has 0 aliphatic heterocycles. The molecule has 0 bridgehead atoms. The Morgan fingerprint density at radius 3 is 2.18 bits per heavy atom. The second-order valence-electron chi connectivity index (χ2n) is 10.9. The molecule has 1 aliphatic rings. The molecule has 2 aromatic carbocycles. The first kappa shape index (κ1) is 45.3. The molecule has 0 saturated heterocycles. The number of aliphatic hydroxyl groups is 1. The average molecular weight is 714 g/mol. The van der Waals surface area contributed by atoms with Gasteiger partial charge in [-0.2, -0.15) is 0 Å². The quantitative estimate of drug-likeness (QED) is 0.0847. The number of amides is 2. The zero-order valence-electron chi connectivity index (χ0n) is 27.9. The Morgan fingerprint density at radius 1 is 0.980 bits per heavy atom. The van der Waals surface area contributed by atoms with Crippen LogP contribution in [0.1, 0.15) is 65.5 Å². The van der Waals surface area contributed by atoms with Crippen molar-refractivity contribution in [1.82, 2.24) is 20.6 Å². The van der Waals surface area contributed by atoms with Gasteiger partial charge in [-0.3, -0.25) is 14.4 Å². The number of benzene rings is 2. The maximum Gasteiger partial charge on any atom is 1.00 e. The number of aromatic nitrogens is 2. The van der Waals surface area contributed by atoms with E-state index in [2.05, 4.69) is 26.5 Å². The van der Waals surface area contributed by atoms with Crippen molar-refractivity contribution < 1.29 is 133 Å². The Kier molecular flexibility index (Phi) is 19.0. The number of nitrogens with zero attached hydrogens (tertiary/aromatic N) is 2. The van der Waals surface area contributed by atoms with Gasteiger partial charge in [-0.1, -0.05) is 5.92 Å². The number of terminal acetylenes is 1. The van der Waals surface area contributed by atoms with Crippen LogP contribution in [0.25, 0.3) is 10.9 Å². The molecular weight excluding hydrogens is 683 g/mol. The molecule has 4 rings (SSSR count). The number of aliphatic carboxylic acids is 3. The number of carbonyl (C=O) groups is 5. The summed E-state index contributed by atoms with van der Waals surface area (Å²) in [6, 6.07) is 6.39. The summed E-state index contributed by atoms with van der Waals surface area (Å²) in [6.45, 7) is -0.199. The van der Waals surface area contributed by atoms with Gasteiger partial charge < -0.3 is 55.3 Å². The summed E-state index contributed by atoms with van der Waals surface area (Å²) < 4.78 is 0. The molecule has 1 heterocycles. The summed E-state index contributed by atoms with van der Waals surface area (Å²) in [4.78, 5) is 80.0. The molecule has 50 heavy (non-hydrogen) atoms. The standard InChI is InChI=1S/C32H33N5O10.3Na/c1-2-13-37(25-10-5-18-14-24-21(15-20(18)25)30(43)36-26(16-38)33-24)19-6-3-17(4-7-19)29(42)35-23(32(46)47)8-11-27(39)34-22(31(44)45)9-12-28(40)41;;;/h1,3-4,6-7,14-15,22-23,25,38H,5,8-13,16H2,(H,34,39)(H,35,42)(H,40,41)(H,44,45)(H,46,47)(H,33,36,43);;;/q;3*+1/p-3/t22-,23+,25+;;;/m1.../s1. The molecule has 2 amide bonds. The second kappa shape index (κ2) is 20.9. The van der Waals surface area contributed by atoms with Crippen LogP contribution in [0.4, 0.5) is 5.69 Å². The van der Waals surface area contributed by atoms with Crippen molar-refractivity contribution in [2.24, 2.45) is 0 Å². The third-order valence-corrected chi connectivity index (χ3v) is 7.82. The van der Waals surface area contributed by atoms with Crippen LogP contribution in [0.2, 0.25) is 0 Å². The van der Waals surface area contributed by atoms with E-state index in [0.29, 0.717) is 29.4 Å². The number of fused-ring (bicyclic) bond motifs is 2. The third kappa shape index (κ3) is 11.6. The molecule has 1 aromatic heterocycles. The molecule has 0 unspecified atom stereocenters. The van der Waals surface area contributed by atoms with Crippen LogP contribution in [-0.2, 0) is 32.2 Å². The first-order valence-corrected chi connectivity index (χ1v) is 14.6. The first-order valence-electron chi connectivity index (χ1n) is 14.6. The van der Waals surface area contributed by atoms with Gasteiger partial charge in [0.05, 0.1) is 47.5 Å². The number of carbonyl (C=O) groups excluding carboxylic acids is 5. The van der Waals surface area contributed by atoms with E-state index in [1.807, 2.05) is 11.0 Å². The number of aliphatic hydroxyl groups excluding tert-OH is 1. The molecule has 1 aliphatic carbocycles. The van der Waals surface area contributed by atoms with Crippen LogP contribution in [0.5, 0.6) is 0 Å². The molecule has 4 N–H and O–H groups in total. The molecule has 15 nitrogen and oxygen atoms in total. The van der Waals surface area contributed by atoms with Crippen LogP contribution in [0.15, 0.2) is 41.2 Å². The van der Waals surface area contributed by atoms with Gasteiger partial charge in [-0.25, -0.2) is 4.98 Å². The third-order valence-electron chi connectivity index (χ3n) is 7.82. The molecule has 18 heteroatoms. The normalized spacial score (nSPS) is 13.9. The van der Waals surface area contributed by atoms with Gasteiger partial charge >= 0.3 is 88.7 Å². The van der Waals surface area contributed by atoms with Crippen molar-refractivity contribution in [1.29, 1.82) is 0 Å². The Balaban J connectivity index is 0.00000417. The van der Waals surface area contributed by atoms with Crippen LogP contribution >= 0.6 is 0 Å². The number of carboxylic acid groups (broad SMARTS) is 3. The van der Waals surface area contributed by atoms with Crippen LogP contribution in [0, 0.1) is 12.3 Å². The van der Waals surface area contributed by atoms with Crippen molar-refractivity contribution in [2.45, 2.75) is 63.3 Å². The van der Waals surface area contributed by atoms with E-state index >= 15 is 0 Å². The average Bonchev–Trinajstić information content (AvgIpc) is 3.44. The largest absolute Gasteiger partial charge is 1.00 e. The smallest absolute Gasteiger partial charge is 0.550 e. The monoisotopic (exact) mass is 713 g/mol. The number of hydrogen-bond donors (Lipinski definition) is 4.